The highest BCUT2D eigenvalue weighted by Crippen LogP contribution is 2.36. The third kappa shape index (κ3) is 2.46. The Morgan fingerprint density at radius 3 is 2.76 bits per heavy atom. The molecular weight excluding hydrogens is 233 g/mol. The lowest BCUT2D eigenvalue weighted by molar-refractivity contribution is -0.137. The van der Waals surface area contributed by atoms with E-state index < -0.39 is 11.7 Å². The van der Waals surface area contributed by atoms with E-state index in [0.29, 0.717) is 31.0 Å². The largest absolute Gasteiger partial charge is 0.416 e. The Hall–Kier alpha value is -1.43. The number of aliphatic hydroxyl groups excluding tert-OH is 1. The van der Waals surface area contributed by atoms with Crippen LogP contribution in [0.5, 0.6) is 0 Å². The molecule has 94 valence electrons. The Morgan fingerprint density at radius 1 is 1.35 bits per heavy atom. The summed E-state index contributed by atoms with van der Waals surface area (Å²) in [5, 5.41) is 11.9. The molecule has 0 atom stereocenters. The molecule has 0 spiro atoms. The maximum Gasteiger partial charge on any atom is 0.416 e. The summed E-state index contributed by atoms with van der Waals surface area (Å²) >= 11 is 0. The maximum absolute atomic E-state index is 12.6. The van der Waals surface area contributed by atoms with Crippen LogP contribution in [-0.4, -0.2) is 31.3 Å². The van der Waals surface area contributed by atoms with Crippen molar-refractivity contribution in [1.82, 2.24) is 0 Å². The van der Waals surface area contributed by atoms with Gasteiger partial charge in [0.2, 0.25) is 0 Å². The number of halogens is 3. The van der Waals surface area contributed by atoms with Crippen molar-refractivity contribution in [2.75, 3.05) is 36.5 Å². The van der Waals surface area contributed by atoms with Crippen molar-refractivity contribution in [3.63, 3.8) is 0 Å². The van der Waals surface area contributed by atoms with Crippen LogP contribution in [0.1, 0.15) is 5.56 Å². The number of anilines is 2. The second-order valence-electron chi connectivity index (χ2n) is 3.87. The third-order valence-corrected chi connectivity index (χ3v) is 2.73. The molecule has 2 rings (SSSR count). The van der Waals surface area contributed by atoms with Crippen molar-refractivity contribution in [3.05, 3.63) is 23.8 Å². The highest BCUT2D eigenvalue weighted by Gasteiger charge is 2.32. The first-order chi connectivity index (χ1) is 8.02. The number of aliphatic hydroxyl groups is 1. The van der Waals surface area contributed by atoms with Crippen molar-refractivity contribution in [2.24, 2.45) is 0 Å². The summed E-state index contributed by atoms with van der Waals surface area (Å²) in [6.45, 7) is 1.53. The minimum Gasteiger partial charge on any atom is -0.395 e. The molecule has 0 saturated carbocycles. The molecule has 0 amide bonds. The number of alkyl halides is 3. The Labute approximate surface area is 96.9 Å². The minimum absolute atomic E-state index is 0.0737. The van der Waals surface area contributed by atoms with E-state index in [1.807, 2.05) is 0 Å². The number of nitrogens with one attached hydrogen (secondary N) is 1. The highest BCUT2D eigenvalue weighted by atomic mass is 19.4. The molecular formula is C11H13F3N2O. The zero-order valence-corrected chi connectivity index (χ0v) is 9.09. The summed E-state index contributed by atoms with van der Waals surface area (Å²) < 4.78 is 37.7. The van der Waals surface area contributed by atoms with E-state index in [-0.39, 0.29) is 6.61 Å². The number of β-amino-alcohol motifs (C(OH)–C–C–N with tert-alkyl or cyclic N) is 1. The predicted octanol–water partition coefficient (Wildman–Crippen LogP) is 1.93. The van der Waals surface area contributed by atoms with Gasteiger partial charge in [0.25, 0.3) is 0 Å². The number of rotatable bonds is 2. The molecule has 1 aliphatic heterocycles. The van der Waals surface area contributed by atoms with E-state index in [2.05, 4.69) is 5.32 Å². The lowest BCUT2D eigenvalue weighted by Crippen LogP contribution is -2.36. The van der Waals surface area contributed by atoms with Crippen LogP contribution in [0.2, 0.25) is 0 Å². The summed E-state index contributed by atoms with van der Waals surface area (Å²) in [6, 6.07) is 3.62. The molecule has 0 unspecified atom stereocenters. The number of nitrogens with zero attached hydrogens (tertiary/aromatic N) is 1. The molecule has 3 nitrogen and oxygen atoms in total. The summed E-state index contributed by atoms with van der Waals surface area (Å²) in [4.78, 5) is 1.75. The highest BCUT2D eigenvalue weighted by molar-refractivity contribution is 5.73. The van der Waals surface area contributed by atoms with E-state index in [9.17, 15) is 13.2 Å². The van der Waals surface area contributed by atoms with Gasteiger partial charge in [0.1, 0.15) is 0 Å². The molecule has 1 aromatic carbocycles. The molecule has 17 heavy (non-hydrogen) atoms. The van der Waals surface area contributed by atoms with E-state index in [1.54, 1.807) is 4.90 Å². The molecule has 1 aromatic rings. The first-order valence-corrected chi connectivity index (χ1v) is 5.33. The van der Waals surface area contributed by atoms with E-state index >= 15 is 0 Å². The SMILES string of the molecule is OCCN1CCNc2ccc(C(F)(F)F)cc21. The van der Waals surface area contributed by atoms with Crippen molar-refractivity contribution >= 4 is 11.4 Å². The maximum atomic E-state index is 12.6. The van der Waals surface area contributed by atoms with Gasteiger partial charge in [-0.05, 0) is 18.2 Å². The van der Waals surface area contributed by atoms with Gasteiger partial charge in [-0.3, -0.25) is 0 Å². The average molecular weight is 246 g/mol. The average Bonchev–Trinajstić information content (AvgIpc) is 2.28. The summed E-state index contributed by atoms with van der Waals surface area (Å²) in [5.41, 5.74) is 0.515. The summed E-state index contributed by atoms with van der Waals surface area (Å²) in [7, 11) is 0. The normalized spacial score (nSPS) is 15.4. The van der Waals surface area contributed by atoms with Crippen molar-refractivity contribution in [1.29, 1.82) is 0 Å². The fourth-order valence-corrected chi connectivity index (χ4v) is 1.92. The molecule has 6 heteroatoms. The van der Waals surface area contributed by atoms with Gasteiger partial charge < -0.3 is 15.3 Å². The van der Waals surface area contributed by atoms with E-state index in [4.69, 9.17) is 5.11 Å². The van der Waals surface area contributed by atoms with Gasteiger partial charge in [0, 0.05) is 19.6 Å². The topological polar surface area (TPSA) is 35.5 Å². The molecule has 1 heterocycles. The molecule has 0 bridgehead atoms. The fraction of sp³-hybridized carbons (Fsp3) is 0.455. The van der Waals surface area contributed by atoms with Gasteiger partial charge in [0.15, 0.2) is 0 Å². The Balaban J connectivity index is 2.37. The summed E-state index contributed by atoms with van der Waals surface area (Å²) in [5.74, 6) is 0. The van der Waals surface area contributed by atoms with Crippen LogP contribution in [0, 0.1) is 0 Å². The number of hydrogen-bond acceptors (Lipinski definition) is 3. The first kappa shape index (κ1) is 12.0. The standard InChI is InChI=1S/C11H13F3N2O/c12-11(13,14)8-1-2-9-10(7-8)16(5-6-17)4-3-15-9/h1-2,7,15,17H,3-6H2. The van der Waals surface area contributed by atoms with Crippen LogP contribution < -0.4 is 10.2 Å². The lowest BCUT2D eigenvalue weighted by atomic mass is 10.1. The molecule has 1 aliphatic rings. The van der Waals surface area contributed by atoms with Crippen LogP contribution in [0.25, 0.3) is 0 Å². The van der Waals surface area contributed by atoms with Gasteiger partial charge in [-0.15, -0.1) is 0 Å². The molecule has 0 radical (unpaired) electrons. The van der Waals surface area contributed by atoms with Crippen molar-refractivity contribution in [2.45, 2.75) is 6.18 Å². The second-order valence-corrected chi connectivity index (χ2v) is 3.87. The second kappa shape index (κ2) is 4.44. The van der Waals surface area contributed by atoms with E-state index in [1.165, 1.54) is 6.07 Å². The van der Waals surface area contributed by atoms with Gasteiger partial charge in [0.05, 0.1) is 23.5 Å². The number of benzene rings is 1. The minimum atomic E-state index is -4.34. The van der Waals surface area contributed by atoms with Crippen molar-refractivity contribution < 1.29 is 18.3 Å². The van der Waals surface area contributed by atoms with Crippen LogP contribution in [0.3, 0.4) is 0 Å². The predicted molar refractivity (Wildman–Crippen MR) is 59.2 cm³/mol. The molecule has 0 aromatic heterocycles. The molecule has 0 saturated heterocycles. The third-order valence-electron chi connectivity index (χ3n) is 2.73. The number of hydrogen-bond donors (Lipinski definition) is 2. The Kier molecular flexibility index (Phi) is 3.15. The van der Waals surface area contributed by atoms with Gasteiger partial charge in [-0.1, -0.05) is 0 Å². The smallest absolute Gasteiger partial charge is 0.395 e. The van der Waals surface area contributed by atoms with Crippen molar-refractivity contribution in [3.8, 4) is 0 Å². The molecule has 0 fully saturated rings. The Bertz CT molecular complexity index is 406. The van der Waals surface area contributed by atoms with Crippen LogP contribution in [0.4, 0.5) is 24.5 Å². The molecule has 2 N–H and O–H groups in total. The summed E-state index contributed by atoms with van der Waals surface area (Å²) in [6.07, 6.45) is -4.34. The van der Waals surface area contributed by atoms with Gasteiger partial charge in [-0.2, -0.15) is 13.2 Å². The molecule has 0 aliphatic carbocycles. The first-order valence-electron chi connectivity index (χ1n) is 5.33. The van der Waals surface area contributed by atoms with E-state index in [0.717, 1.165) is 12.1 Å². The van der Waals surface area contributed by atoms with Crippen LogP contribution in [-0.2, 0) is 6.18 Å². The fourth-order valence-electron chi connectivity index (χ4n) is 1.92. The van der Waals surface area contributed by atoms with Gasteiger partial charge in [-0.25, -0.2) is 0 Å². The quantitative estimate of drug-likeness (QED) is 0.837. The van der Waals surface area contributed by atoms with Gasteiger partial charge >= 0.3 is 6.18 Å². The Morgan fingerprint density at radius 2 is 2.12 bits per heavy atom. The lowest BCUT2D eigenvalue weighted by Gasteiger charge is -2.32. The monoisotopic (exact) mass is 246 g/mol. The zero-order valence-electron chi connectivity index (χ0n) is 9.09. The van der Waals surface area contributed by atoms with Crippen LogP contribution >= 0.6 is 0 Å². The van der Waals surface area contributed by atoms with Crippen LogP contribution in [0.15, 0.2) is 18.2 Å². The zero-order chi connectivity index (χ0) is 12.5. The number of fused-ring (bicyclic) bond motifs is 1.